The fourth-order valence-electron chi connectivity index (χ4n) is 2.08. The summed E-state index contributed by atoms with van der Waals surface area (Å²) in [4.78, 5) is 0. The molecule has 0 radical (unpaired) electrons. The molecule has 0 bridgehead atoms. The van der Waals surface area contributed by atoms with Gasteiger partial charge in [0.05, 0.1) is 0 Å². The maximum atomic E-state index is 2.36. The van der Waals surface area contributed by atoms with Gasteiger partial charge in [-0.2, -0.15) is 0 Å². The fourth-order valence-corrected chi connectivity index (χ4v) is 4.25. The maximum absolute atomic E-state index is 2.36. The van der Waals surface area contributed by atoms with E-state index in [-0.39, 0.29) is 0 Å². The SMILES string of the molecule is CC(C)C([CH2][AlH2])C(C)(C)C. The zero-order valence-electron chi connectivity index (χ0n) is 8.36. The van der Waals surface area contributed by atoms with Crippen LogP contribution >= 0.6 is 0 Å². The topological polar surface area (TPSA) is 0 Å². The van der Waals surface area contributed by atoms with Crippen molar-refractivity contribution in [3.63, 3.8) is 0 Å². The van der Waals surface area contributed by atoms with Crippen molar-refractivity contribution in [2.45, 2.75) is 39.9 Å². The molecule has 60 valence electrons. The van der Waals surface area contributed by atoms with Gasteiger partial charge in [0.1, 0.15) is 0 Å². The Morgan fingerprint density at radius 2 is 1.60 bits per heavy atom. The lowest BCUT2D eigenvalue weighted by Crippen LogP contribution is -2.24. The predicted octanol–water partition coefficient (Wildman–Crippen LogP) is 2.36. The lowest BCUT2D eigenvalue weighted by Gasteiger charge is -2.33. The van der Waals surface area contributed by atoms with Crippen molar-refractivity contribution >= 4 is 16.3 Å². The van der Waals surface area contributed by atoms with Crippen molar-refractivity contribution in [3.8, 4) is 0 Å². The normalized spacial score (nSPS) is 15.8. The zero-order chi connectivity index (χ0) is 8.36. The molecule has 0 saturated carbocycles. The van der Waals surface area contributed by atoms with E-state index in [9.17, 15) is 0 Å². The van der Waals surface area contributed by atoms with Crippen LogP contribution in [0.3, 0.4) is 0 Å². The Bertz CT molecular complexity index is 89.4. The van der Waals surface area contributed by atoms with Crippen molar-refractivity contribution in [1.29, 1.82) is 0 Å². The van der Waals surface area contributed by atoms with E-state index in [1.165, 1.54) is 21.6 Å². The van der Waals surface area contributed by atoms with Crippen LogP contribution in [0.5, 0.6) is 0 Å². The highest BCUT2D eigenvalue weighted by Gasteiger charge is 2.24. The molecule has 1 atom stereocenters. The minimum absolute atomic E-state index is 0.524. The van der Waals surface area contributed by atoms with Crippen LogP contribution in [0, 0.1) is 17.3 Å². The van der Waals surface area contributed by atoms with E-state index < -0.39 is 0 Å². The molecule has 0 amide bonds. The first-order chi connectivity index (χ1) is 4.39. The third-order valence-electron chi connectivity index (χ3n) is 2.36. The molecule has 0 aromatic heterocycles. The van der Waals surface area contributed by atoms with Crippen LogP contribution in [0.1, 0.15) is 34.6 Å². The first-order valence-corrected chi connectivity index (χ1v) is 5.81. The molecule has 0 heterocycles. The molecule has 0 aliphatic heterocycles. The first kappa shape index (κ1) is 10.5. The van der Waals surface area contributed by atoms with Crippen LogP contribution in [0.4, 0.5) is 0 Å². The quantitative estimate of drug-likeness (QED) is 0.538. The van der Waals surface area contributed by atoms with E-state index in [1.54, 1.807) is 0 Å². The summed E-state index contributed by atoms with van der Waals surface area (Å²) in [5.74, 6) is 1.79. The average Bonchev–Trinajstić information content (AvgIpc) is 1.60. The Morgan fingerprint density at radius 1 is 1.20 bits per heavy atom. The molecule has 10 heavy (non-hydrogen) atoms. The summed E-state index contributed by atoms with van der Waals surface area (Å²) in [6.07, 6.45) is 0. The average molecular weight is 156 g/mol. The molecule has 0 aliphatic rings. The van der Waals surface area contributed by atoms with Gasteiger partial charge >= 0.3 is 0 Å². The van der Waals surface area contributed by atoms with Crippen LogP contribution in [0.15, 0.2) is 0 Å². The second kappa shape index (κ2) is 3.79. The minimum Gasteiger partial charge on any atom is -0.0978 e. The standard InChI is InChI=1S/C9H19.Al.2H/c1-7(2)8(3)9(4,5)6;;;/h7-8H,3H2,1-2,4-6H3;;;. The number of hydrogen-bond donors (Lipinski definition) is 0. The summed E-state index contributed by atoms with van der Waals surface area (Å²) < 4.78 is 0. The van der Waals surface area contributed by atoms with Crippen LogP contribution in [-0.4, -0.2) is 16.3 Å². The van der Waals surface area contributed by atoms with E-state index in [2.05, 4.69) is 34.6 Å². The highest BCUT2D eigenvalue weighted by Crippen LogP contribution is 2.33. The van der Waals surface area contributed by atoms with Gasteiger partial charge in [-0.15, -0.1) is 0 Å². The van der Waals surface area contributed by atoms with E-state index in [0.29, 0.717) is 5.41 Å². The van der Waals surface area contributed by atoms with Crippen molar-refractivity contribution in [2.24, 2.45) is 17.3 Å². The summed E-state index contributed by atoms with van der Waals surface area (Å²) >= 11 is 1.35. The van der Waals surface area contributed by atoms with Crippen LogP contribution in [0.2, 0.25) is 5.28 Å². The van der Waals surface area contributed by atoms with Crippen LogP contribution in [-0.2, 0) is 0 Å². The Hall–Kier alpha value is 0.532. The van der Waals surface area contributed by atoms with Gasteiger partial charge in [0, 0.05) is 0 Å². The lowest BCUT2D eigenvalue weighted by molar-refractivity contribution is 0.200. The van der Waals surface area contributed by atoms with Gasteiger partial charge in [-0.25, -0.2) is 0 Å². The van der Waals surface area contributed by atoms with Crippen molar-refractivity contribution in [1.82, 2.24) is 0 Å². The van der Waals surface area contributed by atoms with Gasteiger partial charge < -0.3 is 0 Å². The molecule has 0 nitrogen and oxygen atoms in total. The molecule has 1 heteroatoms. The second-order valence-corrected chi connectivity index (χ2v) is 5.44. The zero-order valence-corrected chi connectivity index (χ0v) is 10.4. The molecular formula is C9H21Al. The third kappa shape index (κ3) is 3.08. The molecule has 0 aromatic rings. The van der Waals surface area contributed by atoms with Gasteiger partial charge in [-0.3, -0.25) is 0 Å². The summed E-state index contributed by atoms with van der Waals surface area (Å²) in [5, 5.41) is 1.45. The predicted molar refractivity (Wildman–Crippen MR) is 51.1 cm³/mol. The van der Waals surface area contributed by atoms with E-state index in [4.69, 9.17) is 0 Å². The van der Waals surface area contributed by atoms with Gasteiger partial charge in [-0.05, 0) is 17.3 Å². The van der Waals surface area contributed by atoms with Gasteiger partial charge in [-0.1, -0.05) is 39.9 Å². The Balaban J connectivity index is 4.07. The molecule has 1 unspecified atom stereocenters. The van der Waals surface area contributed by atoms with Crippen LogP contribution < -0.4 is 0 Å². The van der Waals surface area contributed by atoms with E-state index in [0.717, 1.165) is 11.8 Å². The van der Waals surface area contributed by atoms with Crippen molar-refractivity contribution in [2.75, 3.05) is 0 Å². The molecule has 0 fully saturated rings. The van der Waals surface area contributed by atoms with Crippen LogP contribution in [0.25, 0.3) is 0 Å². The molecule has 0 rings (SSSR count). The highest BCUT2D eigenvalue weighted by molar-refractivity contribution is 6.08. The summed E-state index contributed by atoms with van der Waals surface area (Å²) in [7, 11) is 0. The summed E-state index contributed by atoms with van der Waals surface area (Å²) in [5.41, 5.74) is 0.524. The largest absolute Gasteiger partial charge is 0.212 e. The molecule has 0 spiro atoms. The second-order valence-electron chi connectivity index (χ2n) is 4.62. The monoisotopic (exact) mass is 156 g/mol. The Morgan fingerprint density at radius 3 is 1.60 bits per heavy atom. The molecule has 0 N–H and O–H groups in total. The fraction of sp³-hybridized carbons (Fsp3) is 1.00. The molecular weight excluding hydrogens is 135 g/mol. The highest BCUT2D eigenvalue weighted by atomic mass is 27.0. The lowest BCUT2D eigenvalue weighted by atomic mass is 9.75. The third-order valence-corrected chi connectivity index (χ3v) is 3.24. The van der Waals surface area contributed by atoms with Gasteiger partial charge in [0.25, 0.3) is 0 Å². The Labute approximate surface area is 73.8 Å². The van der Waals surface area contributed by atoms with E-state index >= 15 is 0 Å². The van der Waals surface area contributed by atoms with Crippen molar-refractivity contribution < 1.29 is 0 Å². The van der Waals surface area contributed by atoms with Gasteiger partial charge in [0.15, 0.2) is 0 Å². The molecule has 0 aromatic carbocycles. The van der Waals surface area contributed by atoms with E-state index in [1.807, 2.05) is 0 Å². The summed E-state index contributed by atoms with van der Waals surface area (Å²) in [6, 6.07) is 0. The minimum atomic E-state index is 0.524. The number of hydrogen-bond acceptors (Lipinski definition) is 0. The maximum Gasteiger partial charge on any atom is 0.212 e. The molecule has 0 aliphatic carbocycles. The van der Waals surface area contributed by atoms with Crippen molar-refractivity contribution in [3.05, 3.63) is 0 Å². The first-order valence-electron chi connectivity index (χ1n) is 4.39. The van der Waals surface area contributed by atoms with Gasteiger partial charge in [0.2, 0.25) is 16.3 Å². The molecule has 0 saturated heterocycles. The smallest absolute Gasteiger partial charge is 0.0978 e. The summed E-state index contributed by atoms with van der Waals surface area (Å²) in [6.45, 7) is 11.8. The number of rotatable bonds is 2. The Kier molecular flexibility index (Phi) is 3.99.